The van der Waals surface area contributed by atoms with E-state index in [2.05, 4.69) is 70.6 Å². The molecule has 0 radical (unpaired) electrons. The quantitative estimate of drug-likeness (QED) is 0.506. The highest BCUT2D eigenvalue weighted by Crippen LogP contribution is 2.50. The van der Waals surface area contributed by atoms with Crippen LogP contribution < -0.4 is 4.74 Å². The summed E-state index contributed by atoms with van der Waals surface area (Å²) in [6.45, 7) is 2.94. The van der Waals surface area contributed by atoms with Crippen molar-refractivity contribution in [2.75, 3.05) is 13.1 Å². The van der Waals surface area contributed by atoms with E-state index in [1.807, 2.05) is 18.2 Å². The minimum absolute atomic E-state index is 0.187. The molecule has 162 valence electrons. The number of halogens is 1. The Bertz CT molecular complexity index is 1150. The minimum atomic E-state index is -0.408. The summed E-state index contributed by atoms with van der Waals surface area (Å²) in [6.07, 6.45) is 2.69. The molecule has 1 fully saturated rings. The van der Waals surface area contributed by atoms with E-state index in [0.717, 1.165) is 60.9 Å². The second kappa shape index (κ2) is 7.95. The van der Waals surface area contributed by atoms with Crippen LogP contribution in [-0.2, 0) is 6.54 Å². The minimum Gasteiger partial charge on any atom is -0.466 e. The average Bonchev–Trinajstić information content (AvgIpc) is 3.28. The molecule has 0 amide bonds. The largest absolute Gasteiger partial charge is 0.466 e. The van der Waals surface area contributed by atoms with Gasteiger partial charge in [0, 0.05) is 55.0 Å². The second-order valence-corrected chi connectivity index (χ2v) is 9.35. The van der Waals surface area contributed by atoms with Crippen LogP contribution >= 0.6 is 11.6 Å². The predicted molar refractivity (Wildman–Crippen MR) is 128 cm³/mol. The molecular formula is C27H26ClN3O. The zero-order valence-corrected chi connectivity index (χ0v) is 18.7. The van der Waals surface area contributed by atoms with Crippen molar-refractivity contribution in [2.24, 2.45) is 5.10 Å². The van der Waals surface area contributed by atoms with Crippen molar-refractivity contribution in [3.63, 3.8) is 0 Å². The Kier molecular flexibility index (Phi) is 4.93. The standard InChI is InChI=1S/C27H26ClN3O/c28-23-12-6-4-10-21(23)24-18-25-22-11-5-7-13-26(22)32-27(31(25)29-24)14-16-30(17-15-27)19-20-8-2-1-3-9-20/h1-13,25H,14-19H2/t25-/m0/s1. The highest BCUT2D eigenvalue weighted by atomic mass is 35.5. The maximum absolute atomic E-state index is 6.75. The fourth-order valence-corrected chi connectivity index (χ4v) is 5.56. The van der Waals surface area contributed by atoms with Gasteiger partial charge in [0.1, 0.15) is 5.75 Å². The Balaban J connectivity index is 1.31. The molecule has 0 unspecified atom stereocenters. The van der Waals surface area contributed by atoms with Crippen LogP contribution in [0.1, 0.15) is 42.0 Å². The first-order valence-corrected chi connectivity index (χ1v) is 11.8. The van der Waals surface area contributed by atoms with Gasteiger partial charge in [-0.3, -0.25) is 4.90 Å². The number of hydrogen-bond donors (Lipinski definition) is 0. The summed E-state index contributed by atoms with van der Waals surface area (Å²) in [5, 5.41) is 8.16. The van der Waals surface area contributed by atoms with Crippen LogP contribution in [0.15, 0.2) is 84.0 Å². The molecule has 32 heavy (non-hydrogen) atoms. The Morgan fingerprint density at radius 3 is 2.44 bits per heavy atom. The maximum atomic E-state index is 6.75. The molecule has 3 aliphatic rings. The lowest BCUT2D eigenvalue weighted by Crippen LogP contribution is -2.59. The molecule has 3 aromatic rings. The van der Waals surface area contributed by atoms with Gasteiger partial charge >= 0.3 is 0 Å². The fraction of sp³-hybridized carbons (Fsp3) is 0.296. The monoisotopic (exact) mass is 443 g/mol. The molecule has 1 saturated heterocycles. The molecule has 3 heterocycles. The highest BCUT2D eigenvalue weighted by molar-refractivity contribution is 6.34. The summed E-state index contributed by atoms with van der Waals surface area (Å²) >= 11 is 6.54. The van der Waals surface area contributed by atoms with E-state index in [0.29, 0.717) is 0 Å². The summed E-state index contributed by atoms with van der Waals surface area (Å²) in [5.41, 5.74) is 4.24. The zero-order chi connectivity index (χ0) is 21.5. The smallest absolute Gasteiger partial charge is 0.200 e. The lowest BCUT2D eigenvalue weighted by molar-refractivity contribution is -0.150. The first-order chi connectivity index (χ1) is 15.7. The topological polar surface area (TPSA) is 28.1 Å². The zero-order valence-electron chi connectivity index (χ0n) is 18.0. The van der Waals surface area contributed by atoms with Crippen molar-refractivity contribution in [1.82, 2.24) is 9.91 Å². The van der Waals surface area contributed by atoms with Crippen LogP contribution in [0.5, 0.6) is 5.75 Å². The number of likely N-dealkylation sites (tertiary alicyclic amines) is 1. The van der Waals surface area contributed by atoms with Gasteiger partial charge in [-0.25, -0.2) is 5.01 Å². The third-order valence-corrected chi connectivity index (χ3v) is 7.31. The van der Waals surface area contributed by atoms with Crippen molar-refractivity contribution >= 4 is 17.3 Å². The fourth-order valence-electron chi connectivity index (χ4n) is 5.32. The molecule has 6 rings (SSSR count). The van der Waals surface area contributed by atoms with Crippen molar-refractivity contribution in [2.45, 2.75) is 37.6 Å². The summed E-state index contributed by atoms with van der Waals surface area (Å²) < 4.78 is 6.75. The number of fused-ring (bicyclic) bond motifs is 4. The third kappa shape index (κ3) is 3.39. The summed E-state index contributed by atoms with van der Waals surface area (Å²) in [7, 11) is 0. The molecule has 4 nitrogen and oxygen atoms in total. The van der Waals surface area contributed by atoms with E-state index in [-0.39, 0.29) is 6.04 Å². The van der Waals surface area contributed by atoms with E-state index in [4.69, 9.17) is 21.4 Å². The molecule has 0 aromatic heterocycles. The van der Waals surface area contributed by atoms with Gasteiger partial charge in [-0.2, -0.15) is 5.10 Å². The second-order valence-electron chi connectivity index (χ2n) is 8.94. The van der Waals surface area contributed by atoms with Crippen molar-refractivity contribution in [3.05, 3.63) is 101 Å². The Labute approximate surface area is 194 Å². The summed E-state index contributed by atoms with van der Waals surface area (Å²) in [4.78, 5) is 2.52. The number of hydrogen-bond acceptors (Lipinski definition) is 4. The number of piperidine rings is 1. The van der Waals surface area contributed by atoms with Gasteiger partial charge < -0.3 is 4.74 Å². The van der Waals surface area contributed by atoms with Crippen molar-refractivity contribution in [3.8, 4) is 5.75 Å². The lowest BCUT2D eigenvalue weighted by atomic mass is 9.90. The Hall–Kier alpha value is -2.82. The molecule has 3 aromatic carbocycles. The SMILES string of the molecule is Clc1ccccc1C1=NN2[C@@H](C1)c1ccccc1OC21CCN(Cc2ccccc2)CC1. The van der Waals surface area contributed by atoms with Gasteiger partial charge in [-0.15, -0.1) is 0 Å². The number of nitrogens with zero attached hydrogens (tertiary/aromatic N) is 3. The molecule has 0 aliphatic carbocycles. The average molecular weight is 444 g/mol. The van der Waals surface area contributed by atoms with Crippen LogP contribution in [0.25, 0.3) is 0 Å². The first kappa shape index (κ1) is 19.8. The van der Waals surface area contributed by atoms with Crippen molar-refractivity contribution in [1.29, 1.82) is 0 Å². The predicted octanol–water partition coefficient (Wildman–Crippen LogP) is 5.88. The molecule has 1 spiro atoms. The Morgan fingerprint density at radius 1 is 0.906 bits per heavy atom. The molecule has 0 N–H and O–H groups in total. The van der Waals surface area contributed by atoms with E-state index in [1.165, 1.54) is 11.1 Å². The number of hydrazone groups is 1. The Morgan fingerprint density at radius 2 is 1.62 bits per heavy atom. The lowest BCUT2D eigenvalue weighted by Gasteiger charge is -2.51. The van der Waals surface area contributed by atoms with Crippen LogP contribution in [0.4, 0.5) is 0 Å². The van der Waals surface area contributed by atoms with E-state index in [1.54, 1.807) is 0 Å². The van der Waals surface area contributed by atoms with Gasteiger partial charge in [0.25, 0.3) is 0 Å². The van der Waals surface area contributed by atoms with Crippen molar-refractivity contribution < 1.29 is 4.74 Å². The summed E-state index contributed by atoms with van der Waals surface area (Å²) in [5.74, 6) is 1.00. The molecular weight excluding hydrogens is 418 g/mol. The normalized spacial score (nSPS) is 21.6. The number of rotatable bonds is 3. The highest BCUT2D eigenvalue weighted by Gasteiger charge is 2.51. The van der Waals surface area contributed by atoms with Gasteiger partial charge in [0.2, 0.25) is 5.72 Å². The summed E-state index contributed by atoms with van der Waals surface area (Å²) in [6, 6.07) is 27.4. The molecule has 1 atom stereocenters. The van der Waals surface area contributed by atoms with Crippen LogP contribution in [0.2, 0.25) is 5.02 Å². The van der Waals surface area contributed by atoms with Gasteiger partial charge in [0.05, 0.1) is 11.8 Å². The maximum Gasteiger partial charge on any atom is 0.200 e. The van der Waals surface area contributed by atoms with Crippen LogP contribution in [-0.4, -0.2) is 34.4 Å². The molecule has 3 aliphatic heterocycles. The van der Waals surface area contributed by atoms with E-state index in [9.17, 15) is 0 Å². The number of benzene rings is 3. The number of para-hydroxylation sites is 1. The van der Waals surface area contributed by atoms with Crippen LogP contribution in [0.3, 0.4) is 0 Å². The van der Waals surface area contributed by atoms with E-state index < -0.39 is 5.72 Å². The first-order valence-electron chi connectivity index (χ1n) is 11.4. The molecule has 5 heteroatoms. The van der Waals surface area contributed by atoms with Crippen LogP contribution in [0, 0.1) is 0 Å². The van der Waals surface area contributed by atoms with Gasteiger partial charge in [-0.05, 0) is 17.7 Å². The molecule has 0 saturated carbocycles. The molecule has 0 bridgehead atoms. The third-order valence-electron chi connectivity index (χ3n) is 6.98. The van der Waals surface area contributed by atoms with Gasteiger partial charge in [-0.1, -0.05) is 78.3 Å². The van der Waals surface area contributed by atoms with E-state index >= 15 is 0 Å². The van der Waals surface area contributed by atoms with Gasteiger partial charge in [0.15, 0.2) is 0 Å². The number of ether oxygens (including phenoxy) is 1.